The number of ether oxygens (including phenoxy) is 1. The van der Waals surface area contributed by atoms with Crippen LogP contribution >= 0.6 is 0 Å². The van der Waals surface area contributed by atoms with Crippen molar-refractivity contribution in [3.05, 3.63) is 0 Å². The fourth-order valence-corrected chi connectivity index (χ4v) is 5.97. The van der Waals surface area contributed by atoms with Crippen LogP contribution in [-0.2, 0) is 9.53 Å². The van der Waals surface area contributed by atoms with E-state index >= 15 is 0 Å². The zero-order valence-electron chi connectivity index (χ0n) is 19.0. The minimum absolute atomic E-state index is 0.252. The van der Waals surface area contributed by atoms with E-state index in [2.05, 4.69) is 23.6 Å². The third-order valence-electron chi connectivity index (χ3n) is 7.43. The van der Waals surface area contributed by atoms with E-state index < -0.39 is 0 Å². The molecule has 2 spiro atoms. The predicted octanol–water partition coefficient (Wildman–Crippen LogP) is 3.09. The first-order chi connectivity index (χ1) is 13.4. The molecule has 5 nitrogen and oxygen atoms in total. The number of likely N-dealkylation sites (tertiary alicyclic amines) is 1. The highest BCUT2D eigenvalue weighted by Crippen LogP contribution is 2.53. The number of rotatable bonds is 4. The fraction of sp³-hybridized carbons (Fsp3) is 0.957. The first-order valence-electron chi connectivity index (χ1n) is 11.7. The summed E-state index contributed by atoms with van der Waals surface area (Å²) in [5.41, 5.74) is 0.854. The van der Waals surface area contributed by atoms with Crippen molar-refractivity contribution in [2.24, 2.45) is 17.3 Å². The molecule has 0 bridgehead atoms. The van der Waals surface area contributed by atoms with Gasteiger partial charge in [0.2, 0.25) is 5.91 Å². The summed E-state index contributed by atoms with van der Waals surface area (Å²) in [5, 5.41) is 0. The molecule has 0 atom stereocenters. The molecule has 3 aliphatic heterocycles. The number of hydrogen-bond donors (Lipinski definition) is 0. The van der Waals surface area contributed by atoms with Crippen molar-refractivity contribution in [3.8, 4) is 0 Å². The van der Waals surface area contributed by atoms with Crippen molar-refractivity contribution >= 4 is 5.91 Å². The second-order valence-electron chi connectivity index (χ2n) is 10.1. The summed E-state index contributed by atoms with van der Waals surface area (Å²) in [6.45, 7) is 20.2. The van der Waals surface area contributed by atoms with Crippen LogP contribution in [0.5, 0.6) is 0 Å². The smallest absolute Gasteiger partial charge is 0.219 e. The normalized spacial score (nSPS) is 27.3. The number of piperazine rings is 1. The Kier molecular flexibility index (Phi) is 7.09. The molecule has 0 unspecified atom stereocenters. The standard InChI is InChI=1S/C21H37N3O2.C2H6/c1-17(2)12-22-8-9-24(21(14-22)15-26-16-21)13-19-10-20(11-19)4-6-23(7-5-20)18(3)25;1-2/h17,19H,4-16H2,1-3H3;1-2H3. The Hall–Kier alpha value is -0.650. The molecule has 0 N–H and O–H groups in total. The summed E-state index contributed by atoms with van der Waals surface area (Å²) in [6.07, 6.45) is 5.20. The van der Waals surface area contributed by atoms with Gasteiger partial charge in [0.05, 0.1) is 18.8 Å². The van der Waals surface area contributed by atoms with Gasteiger partial charge < -0.3 is 9.64 Å². The molecule has 1 amide bonds. The van der Waals surface area contributed by atoms with Gasteiger partial charge in [-0.05, 0) is 42.9 Å². The largest absolute Gasteiger partial charge is 0.377 e. The summed E-state index contributed by atoms with van der Waals surface area (Å²) >= 11 is 0. The Morgan fingerprint density at radius 1 is 1.07 bits per heavy atom. The molecule has 4 aliphatic rings. The van der Waals surface area contributed by atoms with Crippen molar-refractivity contribution in [3.63, 3.8) is 0 Å². The molecular formula is C23H43N3O2. The molecular weight excluding hydrogens is 350 g/mol. The average Bonchev–Trinajstić information content (AvgIpc) is 2.62. The van der Waals surface area contributed by atoms with Crippen LogP contribution in [0, 0.1) is 17.3 Å². The molecule has 5 heteroatoms. The number of nitrogens with zero attached hydrogens (tertiary/aromatic N) is 3. The van der Waals surface area contributed by atoms with Crippen LogP contribution < -0.4 is 0 Å². The highest BCUT2D eigenvalue weighted by Gasteiger charge is 2.51. The van der Waals surface area contributed by atoms with Gasteiger partial charge in [-0.3, -0.25) is 14.6 Å². The SMILES string of the molecule is CC.CC(=O)N1CCC2(CC1)CC(CN1CCN(CC(C)C)CC13COC3)C2. The van der Waals surface area contributed by atoms with Gasteiger partial charge in [-0.15, -0.1) is 0 Å². The van der Waals surface area contributed by atoms with Crippen LogP contribution in [0.2, 0.25) is 0 Å². The third-order valence-corrected chi connectivity index (χ3v) is 7.43. The molecule has 3 saturated heterocycles. The zero-order valence-corrected chi connectivity index (χ0v) is 19.0. The molecule has 162 valence electrons. The molecule has 0 aromatic carbocycles. The summed E-state index contributed by atoms with van der Waals surface area (Å²) < 4.78 is 5.67. The Morgan fingerprint density at radius 2 is 1.71 bits per heavy atom. The Morgan fingerprint density at radius 3 is 2.21 bits per heavy atom. The summed E-state index contributed by atoms with van der Waals surface area (Å²) in [4.78, 5) is 19.0. The van der Waals surface area contributed by atoms with Crippen molar-refractivity contribution in [1.82, 2.24) is 14.7 Å². The van der Waals surface area contributed by atoms with E-state index in [1.54, 1.807) is 6.92 Å². The average molecular weight is 394 g/mol. The van der Waals surface area contributed by atoms with Gasteiger partial charge in [0.15, 0.2) is 0 Å². The summed E-state index contributed by atoms with van der Waals surface area (Å²) in [7, 11) is 0. The van der Waals surface area contributed by atoms with Gasteiger partial charge in [-0.2, -0.15) is 0 Å². The minimum atomic E-state index is 0.252. The van der Waals surface area contributed by atoms with Gasteiger partial charge in [0, 0.05) is 52.7 Å². The van der Waals surface area contributed by atoms with Crippen LogP contribution in [0.3, 0.4) is 0 Å². The van der Waals surface area contributed by atoms with E-state index in [1.165, 1.54) is 58.4 Å². The predicted molar refractivity (Wildman–Crippen MR) is 114 cm³/mol. The zero-order chi connectivity index (χ0) is 20.4. The number of amides is 1. The van der Waals surface area contributed by atoms with Crippen LogP contribution in [0.4, 0.5) is 0 Å². The maximum Gasteiger partial charge on any atom is 0.219 e. The van der Waals surface area contributed by atoms with E-state index in [-0.39, 0.29) is 5.91 Å². The van der Waals surface area contributed by atoms with E-state index in [0.717, 1.165) is 38.1 Å². The Balaban J connectivity index is 0.00000109. The number of carbonyl (C=O) groups excluding carboxylic acids is 1. The first kappa shape index (κ1) is 22.0. The van der Waals surface area contributed by atoms with Gasteiger partial charge in [-0.1, -0.05) is 27.7 Å². The monoisotopic (exact) mass is 393 g/mol. The van der Waals surface area contributed by atoms with Gasteiger partial charge >= 0.3 is 0 Å². The molecule has 0 aromatic heterocycles. The lowest BCUT2D eigenvalue weighted by atomic mass is 9.57. The van der Waals surface area contributed by atoms with Crippen LogP contribution in [0.25, 0.3) is 0 Å². The lowest BCUT2D eigenvalue weighted by molar-refractivity contribution is -0.180. The fourth-order valence-electron chi connectivity index (χ4n) is 5.97. The number of piperidine rings is 1. The lowest BCUT2D eigenvalue weighted by Crippen LogP contribution is -2.72. The van der Waals surface area contributed by atoms with E-state index in [4.69, 9.17) is 4.74 Å². The number of carbonyl (C=O) groups is 1. The lowest BCUT2D eigenvalue weighted by Gasteiger charge is -2.59. The summed E-state index contributed by atoms with van der Waals surface area (Å²) in [6, 6.07) is 0. The van der Waals surface area contributed by atoms with Crippen molar-refractivity contribution in [1.29, 1.82) is 0 Å². The first-order valence-corrected chi connectivity index (χ1v) is 11.7. The molecule has 0 aromatic rings. The molecule has 4 rings (SSSR count). The molecule has 4 fully saturated rings. The highest BCUT2D eigenvalue weighted by molar-refractivity contribution is 5.73. The van der Waals surface area contributed by atoms with Crippen LogP contribution in [-0.4, -0.2) is 85.2 Å². The van der Waals surface area contributed by atoms with E-state index in [0.29, 0.717) is 11.0 Å². The third kappa shape index (κ3) is 4.57. The van der Waals surface area contributed by atoms with Crippen molar-refractivity contribution in [2.45, 2.75) is 65.8 Å². The molecule has 28 heavy (non-hydrogen) atoms. The quantitative estimate of drug-likeness (QED) is 0.735. The van der Waals surface area contributed by atoms with Crippen molar-refractivity contribution in [2.75, 3.05) is 59.0 Å². The Bertz CT molecular complexity index is 516. The van der Waals surface area contributed by atoms with E-state index in [1.807, 2.05) is 18.7 Å². The molecule has 0 radical (unpaired) electrons. The maximum absolute atomic E-state index is 11.6. The van der Waals surface area contributed by atoms with Gasteiger partial charge in [-0.25, -0.2) is 0 Å². The minimum Gasteiger partial charge on any atom is -0.377 e. The van der Waals surface area contributed by atoms with Crippen LogP contribution in [0.15, 0.2) is 0 Å². The summed E-state index contributed by atoms with van der Waals surface area (Å²) in [5.74, 6) is 1.85. The topological polar surface area (TPSA) is 36.0 Å². The maximum atomic E-state index is 11.6. The second kappa shape index (κ2) is 9.01. The Labute approximate surface area is 172 Å². The van der Waals surface area contributed by atoms with Crippen LogP contribution in [0.1, 0.15) is 60.3 Å². The van der Waals surface area contributed by atoms with E-state index in [9.17, 15) is 4.79 Å². The highest BCUT2D eigenvalue weighted by atomic mass is 16.5. The van der Waals surface area contributed by atoms with Crippen molar-refractivity contribution < 1.29 is 9.53 Å². The van der Waals surface area contributed by atoms with Gasteiger partial charge in [0.25, 0.3) is 0 Å². The molecule has 3 heterocycles. The second-order valence-corrected chi connectivity index (χ2v) is 10.1. The van der Waals surface area contributed by atoms with Gasteiger partial charge in [0.1, 0.15) is 0 Å². The molecule has 1 saturated carbocycles. The molecule has 1 aliphatic carbocycles. The number of hydrogen-bond acceptors (Lipinski definition) is 4.